The molecular weight excluding hydrogens is 364 g/mol. The van der Waals surface area contributed by atoms with Gasteiger partial charge in [-0.05, 0) is 24.3 Å². The molecule has 0 aliphatic rings. The number of rotatable bonds is 2. The molecule has 5 aromatic rings. The van der Waals surface area contributed by atoms with Gasteiger partial charge >= 0.3 is 11.3 Å². The van der Waals surface area contributed by atoms with Gasteiger partial charge in [-0.1, -0.05) is 36.4 Å². The molecule has 0 spiro atoms. The number of benzene rings is 2. The van der Waals surface area contributed by atoms with Crippen molar-refractivity contribution in [3.8, 4) is 22.9 Å². The van der Waals surface area contributed by atoms with Crippen molar-refractivity contribution in [3.05, 3.63) is 81.5 Å². The average molecular weight is 374 g/mol. The molecule has 0 aliphatic heterocycles. The lowest BCUT2D eigenvalue weighted by molar-refractivity contribution is 0.517. The van der Waals surface area contributed by atoms with Crippen molar-refractivity contribution in [2.75, 3.05) is 0 Å². The van der Waals surface area contributed by atoms with Crippen LogP contribution in [0.1, 0.15) is 0 Å². The summed E-state index contributed by atoms with van der Waals surface area (Å²) >= 11 is 1.08. The van der Waals surface area contributed by atoms with Crippen LogP contribution in [0.2, 0.25) is 0 Å². The number of aromatic nitrogens is 2. The summed E-state index contributed by atoms with van der Waals surface area (Å²) in [6.45, 7) is 0. The molecular formula is C20H10N2O4S. The third kappa shape index (κ3) is 2.56. The summed E-state index contributed by atoms with van der Waals surface area (Å²) in [5.41, 5.74) is 0.448. The highest BCUT2D eigenvalue weighted by molar-refractivity contribution is 7.25. The van der Waals surface area contributed by atoms with Gasteiger partial charge in [-0.15, -0.1) is 11.3 Å². The van der Waals surface area contributed by atoms with Crippen LogP contribution < -0.4 is 11.3 Å². The fourth-order valence-electron chi connectivity index (χ4n) is 2.84. The van der Waals surface area contributed by atoms with Crippen LogP contribution in [0.5, 0.6) is 0 Å². The van der Waals surface area contributed by atoms with E-state index in [2.05, 4.69) is 9.97 Å². The fourth-order valence-corrected chi connectivity index (χ4v) is 3.81. The maximum absolute atomic E-state index is 12.6. The second-order valence-electron chi connectivity index (χ2n) is 5.80. The van der Waals surface area contributed by atoms with Crippen LogP contribution in [-0.4, -0.2) is 9.97 Å². The first-order valence-electron chi connectivity index (χ1n) is 8.10. The van der Waals surface area contributed by atoms with Gasteiger partial charge in [0.15, 0.2) is 0 Å². The van der Waals surface area contributed by atoms with Crippen molar-refractivity contribution in [2.24, 2.45) is 0 Å². The second-order valence-corrected chi connectivity index (χ2v) is 6.80. The Hall–Kier alpha value is -3.58. The van der Waals surface area contributed by atoms with Crippen LogP contribution in [0, 0.1) is 0 Å². The van der Waals surface area contributed by atoms with E-state index in [1.54, 1.807) is 24.3 Å². The Morgan fingerprint density at radius 2 is 1.26 bits per heavy atom. The van der Waals surface area contributed by atoms with Crippen LogP contribution in [0.25, 0.3) is 43.3 Å². The van der Waals surface area contributed by atoms with Crippen molar-refractivity contribution < 1.29 is 8.83 Å². The highest BCUT2D eigenvalue weighted by Crippen LogP contribution is 2.30. The van der Waals surface area contributed by atoms with Crippen molar-refractivity contribution in [3.63, 3.8) is 0 Å². The number of hydrogen-bond acceptors (Lipinski definition) is 7. The zero-order valence-electron chi connectivity index (χ0n) is 13.7. The summed E-state index contributed by atoms with van der Waals surface area (Å²) in [6.07, 6.45) is 0. The molecule has 0 fully saturated rings. The summed E-state index contributed by atoms with van der Waals surface area (Å²) in [5.74, 6) is 0.353. The minimum Gasteiger partial charge on any atom is -0.403 e. The van der Waals surface area contributed by atoms with Crippen LogP contribution in [-0.2, 0) is 0 Å². The second kappa shape index (κ2) is 6.00. The molecule has 0 atom stereocenters. The predicted octanol–water partition coefficient (Wildman–Crippen LogP) is 4.08. The molecule has 6 nitrogen and oxygen atoms in total. The number of nitrogens with zero attached hydrogens (tertiary/aromatic N) is 2. The fraction of sp³-hybridized carbons (Fsp3) is 0. The number of hydrogen-bond donors (Lipinski definition) is 0. The van der Waals surface area contributed by atoms with E-state index in [0.29, 0.717) is 16.0 Å². The maximum Gasteiger partial charge on any atom is 0.357 e. The monoisotopic (exact) mass is 374 g/mol. The summed E-state index contributed by atoms with van der Waals surface area (Å²) < 4.78 is 11.0. The quantitative estimate of drug-likeness (QED) is 0.463. The lowest BCUT2D eigenvalue weighted by atomic mass is 10.2. The van der Waals surface area contributed by atoms with Gasteiger partial charge in [0.2, 0.25) is 11.8 Å². The molecule has 0 N–H and O–H groups in total. The first kappa shape index (κ1) is 15.7. The Morgan fingerprint density at radius 1 is 0.704 bits per heavy atom. The molecule has 5 rings (SSSR count). The third-order valence-electron chi connectivity index (χ3n) is 4.09. The normalized spacial score (nSPS) is 11.3. The molecule has 27 heavy (non-hydrogen) atoms. The van der Waals surface area contributed by atoms with Crippen LogP contribution in [0.3, 0.4) is 0 Å². The van der Waals surface area contributed by atoms with Gasteiger partial charge in [-0.25, -0.2) is 19.6 Å². The standard InChI is InChI=1S/C20H10N2O4S/c23-19-13-14-15(20(24)26-16(21-14)11-7-3-1-4-8-11)27-18(13)22-17(25-19)12-9-5-2-6-10-12/h1-10H. The van der Waals surface area contributed by atoms with Gasteiger partial charge in [0.1, 0.15) is 20.4 Å². The van der Waals surface area contributed by atoms with Crippen molar-refractivity contribution in [2.45, 2.75) is 0 Å². The lowest BCUT2D eigenvalue weighted by Crippen LogP contribution is -2.04. The Bertz CT molecular complexity index is 1400. The van der Waals surface area contributed by atoms with Gasteiger partial charge in [-0.2, -0.15) is 0 Å². The van der Waals surface area contributed by atoms with E-state index < -0.39 is 11.3 Å². The molecule has 7 heteroatoms. The molecule has 2 aromatic carbocycles. The van der Waals surface area contributed by atoms with Gasteiger partial charge in [-0.3, -0.25) is 0 Å². The average Bonchev–Trinajstić information content (AvgIpc) is 3.09. The van der Waals surface area contributed by atoms with Crippen molar-refractivity contribution >= 4 is 31.8 Å². The van der Waals surface area contributed by atoms with Crippen LogP contribution >= 0.6 is 11.3 Å². The van der Waals surface area contributed by atoms with Crippen molar-refractivity contribution in [1.82, 2.24) is 9.97 Å². The Kier molecular flexibility index (Phi) is 3.48. The third-order valence-corrected chi connectivity index (χ3v) is 5.14. The van der Waals surface area contributed by atoms with Crippen LogP contribution in [0.15, 0.2) is 79.1 Å². The van der Waals surface area contributed by atoms with Gasteiger partial charge < -0.3 is 8.83 Å². The number of thiophene rings is 1. The van der Waals surface area contributed by atoms with E-state index >= 15 is 0 Å². The summed E-state index contributed by atoms with van der Waals surface area (Å²) in [5, 5.41) is 0.194. The topological polar surface area (TPSA) is 86.2 Å². The Labute approximate surface area is 155 Å². The zero-order valence-corrected chi connectivity index (χ0v) is 14.5. The lowest BCUT2D eigenvalue weighted by Gasteiger charge is -1.99. The zero-order chi connectivity index (χ0) is 18.4. The van der Waals surface area contributed by atoms with Gasteiger partial charge in [0.25, 0.3) is 0 Å². The molecule has 0 bridgehead atoms. The van der Waals surface area contributed by atoms with Gasteiger partial charge in [0, 0.05) is 11.1 Å². The van der Waals surface area contributed by atoms with Crippen LogP contribution in [0.4, 0.5) is 0 Å². The summed E-state index contributed by atoms with van der Waals surface area (Å²) in [7, 11) is 0. The smallest absolute Gasteiger partial charge is 0.357 e. The molecule has 130 valence electrons. The van der Waals surface area contributed by atoms with E-state index in [1.165, 1.54) is 0 Å². The summed E-state index contributed by atoms with van der Waals surface area (Å²) in [4.78, 5) is 34.3. The maximum atomic E-state index is 12.6. The molecule has 0 radical (unpaired) electrons. The first-order valence-corrected chi connectivity index (χ1v) is 8.92. The first-order chi connectivity index (χ1) is 13.2. The minimum atomic E-state index is -0.581. The summed E-state index contributed by atoms with van der Waals surface area (Å²) in [6, 6.07) is 18.1. The molecule has 0 unspecified atom stereocenters. The minimum absolute atomic E-state index is 0.152. The largest absolute Gasteiger partial charge is 0.403 e. The highest BCUT2D eigenvalue weighted by atomic mass is 32.1. The van der Waals surface area contributed by atoms with Gasteiger partial charge in [0.05, 0.1) is 0 Å². The molecule has 0 saturated carbocycles. The molecule has 3 heterocycles. The number of fused-ring (bicyclic) bond motifs is 3. The molecule has 0 saturated heterocycles. The predicted molar refractivity (Wildman–Crippen MR) is 103 cm³/mol. The Morgan fingerprint density at radius 3 is 1.89 bits per heavy atom. The van der Waals surface area contributed by atoms with E-state index in [-0.39, 0.29) is 27.4 Å². The van der Waals surface area contributed by atoms with E-state index in [1.807, 2.05) is 36.4 Å². The molecule has 3 aromatic heterocycles. The SMILES string of the molecule is O=c1oc(-c2ccccc2)nc2c1sc1nc(-c3ccccc3)oc(=O)c12. The van der Waals surface area contributed by atoms with Crippen molar-refractivity contribution in [1.29, 1.82) is 0 Å². The molecule has 0 amide bonds. The highest BCUT2D eigenvalue weighted by Gasteiger charge is 2.20. The Balaban J connectivity index is 1.81. The van der Waals surface area contributed by atoms with E-state index in [4.69, 9.17) is 8.83 Å². The molecule has 0 aliphatic carbocycles. The van der Waals surface area contributed by atoms with E-state index in [0.717, 1.165) is 11.3 Å². The van der Waals surface area contributed by atoms with E-state index in [9.17, 15) is 9.59 Å².